The summed E-state index contributed by atoms with van der Waals surface area (Å²) < 4.78 is 7.43. The van der Waals surface area contributed by atoms with Crippen molar-refractivity contribution in [1.82, 2.24) is 20.1 Å². The van der Waals surface area contributed by atoms with Gasteiger partial charge in [-0.25, -0.2) is 4.98 Å². The number of ether oxygens (including phenoxy) is 1. The summed E-state index contributed by atoms with van der Waals surface area (Å²) in [5, 5.41) is 7.68. The molecule has 2 aromatic heterocycles. The third-order valence-corrected chi connectivity index (χ3v) is 5.62. The van der Waals surface area contributed by atoms with Gasteiger partial charge in [0.25, 0.3) is 5.91 Å². The van der Waals surface area contributed by atoms with Gasteiger partial charge < -0.3 is 10.1 Å². The van der Waals surface area contributed by atoms with Crippen LogP contribution in [0, 0.1) is 19.3 Å². The number of nitrogens with one attached hydrogen (secondary N) is 1. The van der Waals surface area contributed by atoms with Gasteiger partial charge in [0.1, 0.15) is 5.56 Å². The van der Waals surface area contributed by atoms with Crippen LogP contribution in [0.2, 0.25) is 0 Å². The zero-order valence-corrected chi connectivity index (χ0v) is 15.8. The number of methoxy groups -OCH3 is 1. The first-order valence-corrected chi connectivity index (χ1v) is 9.36. The average Bonchev–Trinajstić information content (AvgIpc) is 3.10. The third kappa shape index (κ3) is 3.20. The van der Waals surface area contributed by atoms with Gasteiger partial charge in [-0.15, -0.1) is 0 Å². The van der Waals surface area contributed by atoms with Gasteiger partial charge in [0.2, 0.25) is 5.88 Å². The SMILES string of the molecule is COc1nc2c(cc1C(=O)NCC1(Cn3nc(C)cc3C)CC1)CCC2. The number of hydrogen-bond acceptors (Lipinski definition) is 4. The second-order valence-electron chi connectivity index (χ2n) is 7.77. The lowest BCUT2D eigenvalue weighted by Gasteiger charge is -2.18. The van der Waals surface area contributed by atoms with Crippen LogP contribution in [0.25, 0.3) is 0 Å². The summed E-state index contributed by atoms with van der Waals surface area (Å²) in [6.07, 6.45) is 5.30. The number of pyridine rings is 1. The predicted molar refractivity (Wildman–Crippen MR) is 98.5 cm³/mol. The number of nitrogens with zero attached hydrogens (tertiary/aromatic N) is 3. The Morgan fingerprint density at radius 2 is 2.12 bits per heavy atom. The predicted octanol–water partition coefficient (Wildman–Crippen LogP) is 2.60. The molecule has 2 aliphatic carbocycles. The molecule has 0 bridgehead atoms. The van der Waals surface area contributed by atoms with Crippen LogP contribution in [0.4, 0.5) is 0 Å². The maximum atomic E-state index is 12.8. The largest absolute Gasteiger partial charge is 0.480 e. The van der Waals surface area contributed by atoms with Crippen molar-refractivity contribution in [3.8, 4) is 5.88 Å². The van der Waals surface area contributed by atoms with Crippen molar-refractivity contribution in [2.45, 2.75) is 52.5 Å². The van der Waals surface area contributed by atoms with E-state index in [1.807, 2.05) is 13.0 Å². The zero-order chi connectivity index (χ0) is 18.3. The van der Waals surface area contributed by atoms with Gasteiger partial charge in [-0.1, -0.05) is 0 Å². The summed E-state index contributed by atoms with van der Waals surface area (Å²) >= 11 is 0. The summed E-state index contributed by atoms with van der Waals surface area (Å²) in [4.78, 5) is 17.3. The Morgan fingerprint density at radius 3 is 2.77 bits per heavy atom. The molecule has 0 radical (unpaired) electrons. The molecule has 0 spiro atoms. The van der Waals surface area contributed by atoms with Crippen molar-refractivity contribution in [3.63, 3.8) is 0 Å². The lowest BCUT2D eigenvalue weighted by Crippen LogP contribution is -2.33. The van der Waals surface area contributed by atoms with Crippen LogP contribution in [-0.2, 0) is 19.4 Å². The summed E-state index contributed by atoms with van der Waals surface area (Å²) in [6.45, 7) is 5.60. The Morgan fingerprint density at radius 1 is 1.31 bits per heavy atom. The number of hydrogen-bond donors (Lipinski definition) is 1. The second kappa shape index (κ2) is 6.41. The van der Waals surface area contributed by atoms with Crippen molar-refractivity contribution in [3.05, 3.63) is 40.3 Å². The Bertz CT molecular complexity index is 852. The molecule has 0 aromatic carbocycles. The highest BCUT2D eigenvalue weighted by atomic mass is 16.5. The van der Waals surface area contributed by atoms with Crippen LogP contribution < -0.4 is 10.1 Å². The minimum absolute atomic E-state index is 0.0938. The molecular formula is C20H26N4O2. The molecule has 4 rings (SSSR count). The van der Waals surface area contributed by atoms with Crippen molar-refractivity contribution in [1.29, 1.82) is 0 Å². The first-order chi connectivity index (χ1) is 12.5. The lowest BCUT2D eigenvalue weighted by atomic mass is 10.1. The van der Waals surface area contributed by atoms with Crippen LogP contribution in [0.1, 0.15) is 52.3 Å². The number of aromatic nitrogens is 3. The summed E-state index contributed by atoms with van der Waals surface area (Å²) in [5.41, 5.74) is 5.13. The molecule has 2 aliphatic rings. The molecular weight excluding hydrogens is 328 g/mol. The topological polar surface area (TPSA) is 69.0 Å². The van der Waals surface area contributed by atoms with Crippen LogP contribution in [0.3, 0.4) is 0 Å². The Balaban J connectivity index is 1.45. The van der Waals surface area contributed by atoms with Crippen molar-refractivity contribution >= 4 is 5.91 Å². The van der Waals surface area contributed by atoms with E-state index in [-0.39, 0.29) is 11.3 Å². The number of carbonyl (C=O) groups excluding carboxylic acids is 1. The fourth-order valence-corrected chi connectivity index (χ4v) is 3.85. The molecule has 6 nitrogen and oxygen atoms in total. The Labute approximate surface area is 154 Å². The molecule has 1 N–H and O–H groups in total. The first kappa shape index (κ1) is 17.1. The highest BCUT2D eigenvalue weighted by Crippen LogP contribution is 2.46. The Hall–Kier alpha value is -2.37. The molecule has 0 unspecified atom stereocenters. The molecule has 1 fully saturated rings. The molecule has 0 atom stereocenters. The van der Waals surface area contributed by atoms with E-state index in [1.54, 1.807) is 7.11 Å². The summed E-state index contributed by atoms with van der Waals surface area (Å²) in [7, 11) is 1.58. The normalized spacial score (nSPS) is 17.0. The highest BCUT2D eigenvalue weighted by molar-refractivity contribution is 5.96. The standard InChI is InChI=1S/C20H26N4O2/c1-13-9-14(2)24(23-13)12-20(7-8-20)11-21-18(25)16-10-15-5-4-6-17(15)22-19(16)26-3/h9-10H,4-8,11-12H2,1-3H3,(H,21,25). The van der Waals surface area contributed by atoms with E-state index < -0.39 is 0 Å². The Kier molecular flexibility index (Phi) is 4.21. The minimum Gasteiger partial charge on any atom is -0.480 e. The quantitative estimate of drug-likeness (QED) is 0.866. The van der Waals surface area contributed by atoms with Crippen LogP contribution in [0.5, 0.6) is 5.88 Å². The highest BCUT2D eigenvalue weighted by Gasteiger charge is 2.43. The fraction of sp³-hybridized carbons (Fsp3) is 0.550. The third-order valence-electron chi connectivity index (χ3n) is 5.62. The lowest BCUT2D eigenvalue weighted by molar-refractivity contribution is 0.0938. The van der Waals surface area contributed by atoms with E-state index in [4.69, 9.17) is 4.74 Å². The molecule has 0 aliphatic heterocycles. The van der Waals surface area contributed by atoms with E-state index >= 15 is 0 Å². The van der Waals surface area contributed by atoms with Gasteiger partial charge in [0, 0.05) is 29.9 Å². The maximum absolute atomic E-state index is 12.8. The van der Waals surface area contributed by atoms with Gasteiger partial charge >= 0.3 is 0 Å². The maximum Gasteiger partial charge on any atom is 0.256 e. The van der Waals surface area contributed by atoms with E-state index in [1.165, 1.54) is 11.3 Å². The van der Waals surface area contributed by atoms with E-state index in [2.05, 4.69) is 33.1 Å². The van der Waals surface area contributed by atoms with E-state index in [0.29, 0.717) is 18.0 Å². The molecule has 1 amide bonds. The van der Waals surface area contributed by atoms with E-state index in [9.17, 15) is 4.79 Å². The molecule has 6 heteroatoms. The van der Waals surface area contributed by atoms with Crippen molar-refractivity contribution in [2.75, 3.05) is 13.7 Å². The van der Waals surface area contributed by atoms with Crippen LogP contribution in [0.15, 0.2) is 12.1 Å². The summed E-state index contributed by atoms with van der Waals surface area (Å²) in [5.74, 6) is 0.343. The number of amides is 1. The van der Waals surface area contributed by atoms with Crippen molar-refractivity contribution < 1.29 is 9.53 Å². The van der Waals surface area contributed by atoms with Gasteiger partial charge in [0.15, 0.2) is 0 Å². The van der Waals surface area contributed by atoms with Gasteiger partial charge in [0.05, 0.1) is 12.8 Å². The fourth-order valence-electron chi connectivity index (χ4n) is 3.85. The average molecular weight is 354 g/mol. The molecule has 138 valence electrons. The molecule has 0 saturated heterocycles. The minimum atomic E-state index is -0.0938. The molecule has 1 saturated carbocycles. The molecule has 26 heavy (non-hydrogen) atoms. The monoisotopic (exact) mass is 354 g/mol. The van der Waals surface area contributed by atoms with Crippen LogP contribution in [-0.4, -0.2) is 34.3 Å². The summed E-state index contributed by atoms with van der Waals surface area (Å²) in [6, 6.07) is 4.06. The van der Waals surface area contributed by atoms with Gasteiger partial charge in [-0.05, 0) is 63.6 Å². The number of rotatable bonds is 6. The number of fused-ring (bicyclic) bond motifs is 1. The number of aryl methyl sites for hydroxylation is 4. The second-order valence-corrected chi connectivity index (χ2v) is 7.77. The van der Waals surface area contributed by atoms with Crippen molar-refractivity contribution in [2.24, 2.45) is 5.41 Å². The van der Waals surface area contributed by atoms with Gasteiger partial charge in [-0.2, -0.15) is 5.10 Å². The van der Waals surface area contributed by atoms with Crippen LogP contribution >= 0.6 is 0 Å². The van der Waals surface area contributed by atoms with Gasteiger partial charge in [-0.3, -0.25) is 9.48 Å². The zero-order valence-electron chi connectivity index (χ0n) is 15.8. The molecule has 2 heterocycles. The molecule has 2 aromatic rings. The van der Waals surface area contributed by atoms with E-state index in [0.717, 1.165) is 50.0 Å². The smallest absolute Gasteiger partial charge is 0.256 e. The first-order valence-electron chi connectivity index (χ1n) is 9.36. The number of carbonyl (C=O) groups is 1.